The van der Waals surface area contributed by atoms with Crippen LogP contribution in [0.15, 0.2) is 18.2 Å². The number of halogens is 12. The van der Waals surface area contributed by atoms with Gasteiger partial charge in [0.25, 0.3) is 0 Å². The van der Waals surface area contributed by atoms with Gasteiger partial charge in [-0.15, -0.1) is 0 Å². The molecule has 0 heterocycles. The van der Waals surface area contributed by atoms with Crippen molar-refractivity contribution in [1.82, 2.24) is 0 Å². The summed E-state index contributed by atoms with van der Waals surface area (Å²) in [4.78, 5) is 9.59. The fourth-order valence-corrected chi connectivity index (χ4v) is 0.586. The van der Waals surface area contributed by atoms with E-state index in [0.717, 1.165) is 0 Å². The monoisotopic (exact) mass is 437 g/mol. The quantitative estimate of drug-likeness (QED) is 0.183. The minimum atomic E-state index is -6.00. The molecule has 1 rings (SSSR count). The van der Waals surface area contributed by atoms with Crippen molar-refractivity contribution in [2.45, 2.75) is 0 Å². The maximum Gasteiger partial charge on any atom is 1.00 e. The van der Waals surface area contributed by atoms with Crippen molar-refractivity contribution in [2.24, 2.45) is 0 Å². The van der Waals surface area contributed by atoms with Gasteiger partial charge in [-0.1, -0.05) is 17.8 Å². The summed E-state index contributed by atoms with van der Waals surface area (Å²) in [7, 11) is -18.0. The number of nitrogens with two attached hydrogens (primary N) is 1. The standard InChI is InChI=1S/C6H5N2O2.3BF4.K/c7-5-2-1-3-6(4-5)8(9)10;3*2-1(3,4)5;/h1,3-4H,7H2;;;;/q4*-1;+1. The van der Waals surface area contributed by atoms with Gasteiger partial charge >= 0.3 is 73.1 Å². The molecule has 26 heavy (non-hydrogen) atoms. The molecule has 0 saturated carbocycles. The molecule has 0 aliphatic rings. The van der Waals surface area contributed by atoms with Gasteiger partial charge in [0.15, 0.2) is 5.69 Å². The molecule has 148 valence electrons. The summed E-state index contributed by atoms with van der Waals surface area (Å²) < 4.78 is 117. The Morgan fingerprint density at radius 3 is 1.27 bits per heavy atom. The number of non-ortho nitro benzene ring substituents is 1. The Hall–Kier alpha value is -0.589. The van der Waals surface area contributed by atoms with Crippen molar-refractivity contribution in [1.29, 1.82) is 0 Å². The predicted octanol–water partition coefficient (Wildman–Crippen LogP) is 1.88. The Morgan fingerprint density at radius 2 is 1.12 bits per heavy atom. The number of nitrogen functional groups attached to an aromatic ring is 1. The van der Waals surface area contributed by atoms with Crippen LogP contribution in [0.1, 0.15) is 0 Å². The van der Waals surface area contributed by atoms with Gasteiger partial charge in [0.1, 0.15) is 0 Å². The van der Waals surface area contributed by atoms with E-state index >= 15 is 0 Å². The van der Waals surface area contributed by atoms with Crippen LogP contribution in [-0.4, -0.2) is 26.7 Å². The number of nitro groups is 1. The van der Waals surface area contributed by atoms with Gasteiger partial charge in [0.2, 0.25) is 0 Å². The van der Waals surface area contributed by atoms with E-state index in [1.54, 1.807) is 0 Å². The van der Waals surface area contributed by atoms with Crippen molar-refractivity contribution in [3.05, 3.63) is 34.4 Å². The molecule has 2 N–H and O–H groups in total. The third kappa shape index (κ3) is 65.4. The van der Waals surface area contributed by atoms with Crippen molar-refractivity contribution < 1.29 is 108 Å². The van der Waals surface area contributed by atoms with Crippen LogP contribution in [0.5, 0.6) is 0 Å². The fraction of sp³-hybridized carbons (Fsp3) is 0. The number of nitro benzene ring substituents is 1. The van der Waals surface area contributed by atoms with E-state index in [0.29, 0.717) is 0 Å². The van der Waals surface area contributed by atoms with E-state index in [1.165, 1.54) is 18.2 Å². The average molecular weight is 437 g/mol. The van der Waals surface area contributed by atoms with E-state index in [2.05, 4.69) is 6.07 Å². The van der Waals surface area contributed by atoms with Gasteiger partial charge in [0.05, 0.1) is 0 Å². The molecule has 0 amide bonds. The number of nitrogens with zero attached hydrogens (tertiary/aromatic N) is 1. The molecule has 0 radical (unpaired) electrons. The van der Waals surface area contributed by atoms with Gasteiger partial charge in [-0.05, 0) is 0 Å². The number of hydrogen-bond acceptors (Lipinski definition) is 3. The minimum Gasteiger partial charge on any atom is -0.420 e. The van der Waals surface area contributed by atoms with Crippen LogP contribution in [0.2, 0.25) is 0 Å². The smallest absolute Gasteiger partial charge is 0.420 e. The van der Waals surface area contributed by atoms with Crippen molar-refractivity contribution in [3.63, 3.8) is 0 Å². The number of rotatable bonds is 1. The largest absolute Gasteiger partial charge is 1.00 e. The first-order chi connectivity index (χ1) is 10.7. The molecule has 4 nitrogen and oxygen atoms in total. The summed E-state index contributed by atoms with van der Waals surface area (Å²) in [6, 6.07) is 6.63. The van der Waals surface area contributed by atoms with Crippen LogP contribution >= 0.6 is 0 Å². The van der Waals surface area contributed by atoms with Gasteiger partial charge in [-0.3, -0.25) is 10.1 Å². The molecule has 0 bridgehead atoms. The van der Waals surface area contributed by atoms with Gasteiger partial charge < -0.3 is 57.5 Å². The molecular formula is C6H5B3F12KN2O2-3. The van der Waals surface area contributed by atoms with E-state index in [9.17, 15) is 61.9 Å². The molecule has 1 aromatic carbocycles. The molecule has 0 spiro atoms. The van der Waals surface area contributed by atoms with Crippen LogP contribution in [0.3, 0.4) is 0 Å². The topological polar surface area (TPSA) is 69.2 Å². The van der Waals surface area contributed by atoms with Gasteiger partial charge in [0, 0.05) is 4.92 Å². The number of anilines is 1. The molecule has 0 aliphatic carbocycles. The van der Waals surface area contributed by atoms with E-state index in [-0.39, 0.29) is 62.8 Å². The maximum atomic E-state index is 10.1. The second-order valence-corrected chi connectivity index (χ2v) is 3.24. The molecule has 0 aromatic heterocycles. The molecule has 1 aromatic rings. The van der Waals surface area contributed by atoms with Gasteiger partial charge in [-0.2, -0.15) is 12.1 Å². The molecule has 0 fully saturated rings. The molecular weight excluding hydrogens is 432 g/mol. The molecule has 0 saturated heterocycles. The van der Waals surface area contributed by atoms with E-state index in [4.69, 9.17) is 5.73 Å². The zero-order chi connectivity index (χ0) is 21.1. The molecule has 20 heteroatoms. The fourth-order valence-electron chi connectivity index (χ4n) is 0.586. The summed E-state index contributed by atoms with van der Waals surface area (Å²) in [5.74, 6) is 0. The molecule has 0 unspecified atom stereocenters. The summed E-state index contributed by atoms with van der Waals surface area (Å²) >= 11 is 0. The average Bonchev–Trinajstić information content (AvgIpc) is 2.21. The Bertz CT molecular complexity index is 464. The summed E-state index contributed by atoms with van der Waals surface area (Å²) in [5.41, 5.74) is 5.52. The maximum absolute atomic E-state index is 10.1. The number of benzene rings is 1. The Morgan fingerprint density at radius 1 is 0.846 bits per heavy atom. The zero-order valence-corrected chi connectivity index (χ0v) is 15.5. The molecule has 0 atom stereocenters. The van der Waals surface area contributed by atoms with E-state index in [1.807, 2.05) is 0 Å². The van der Waals surface area contributed by atoms with Crippen molar-refractivity contribution >= 4 is 33.1 Å². The normalized spacial score (nSPS) is 10.5. The van der Waals surface area contributed by atoms with Crippen LogP contribution in [0.4, 0.5) is 63.2 Å². The summed E-state index contributed by atoms with van der Waals surface area (Å²) in [5, 5.41) is 10.1. The first kappa shape index (κ1) is 33.0. The SMILES string of the molecule is F[B-](F)(F)F.F[B-](F)(F)F.F[B-](F)(F)F.Nc1[c-]ccc([N+](=O)[O-])c1.[K+]. The Kier molecular flexibility index (Phi) is 18.4. The first-order valence-corrected chi connectivity index (χ1v) is 5.23. The third-order valence-electron chi connectivity index (χ3n) is 1.02. The Labute approximate surface area is 180 Å². The number of hydrogen-bond donors (Lipinski definition) is 1. The zero-order valence-electron chi connectivity index (χ0n) is 12.3. The second kappa shape index (κ2) is 14.5. The second-order valence-electron chi connectivity index (χ2n) is 3.24. The minimum absolute atomic E-state index is 0. The summed E-state index contributed by atoms with van der Waals surface area (Å²) in [6.45, 7) is 0. The van der Waals surface area contributed by atoms with E-state index < -0.39 is 26.7 Å². The van der Waals surface area contributed by atoms with Crippen LogP contribution < -0.4 is 57.1 Å². The molecule has 0 aliphatic heterocycles. The first-order valence-electron chi connectivity index (χ1n) is 5.23. The third-order valence-corrected chi connectivity index (χ3v) is 1.02. The van der Waals surface area contributed by atoms with Gasteiger partial charge in [-0.25, -0.2) is 0 Å². The van der Waals surface area contributed by atoms with Crippen LogP contribution in [0.25, 0.3) is 0 Å². The Balaban J connectivity index is -0.000000132. The van der Waals surface area contributed by atoms with Crippen molar-refractivity contribution in [3.8, 4) is 0 Å². The summed E-state index contributed by atoms with van der Waals surface area (Å²) in [6.07, 6.45) is 0. The van der Waals surface area contributed by atoms with Crippen molar-refractivity contribution in [2.75, 3.05) is 5.73 Å². The predicted molar refractivity (Wildman–Crippen MR) is 66.9 cm³/mol. The van der Waals surface area contributed by atoms with Crippen LogP contribution in [-0.2, 0) is 0 Å². The van der Waals surface area contributed by atoms with Crippen LogP contribution in [0, 0.1) is 16.2 Å².